The monoisotopic (exact) mass is 179 g/mol. The van der Waals surface area contributed by atoms with E-state index in [1.807, 2.05) is 6.92 Å². The summed E-state index contributed by atoms with van der Waals surface area (Å²) in [6.07, 6.45) is 1.75. The molecule has 0 aromatic carbocycles. The predicted octanol–water partition coefficient (Wildman–Crippen LogP) is -0.235. The Morgan fingerprint density at radius 3 is 3.23 bits per heavy atom. The second-order valence-corrected chi connectivity index (χ2v) is 2.77. The van der Waals surface area contributed by atoms with Gasteiger partial charge in [-0.15, -0.1) is 0 Å². The number of nitrogens with zero attached hydrogens (tertiary/aromatic N) is 4. The highest BCUT2D eigenvalue weighted by atomic mass is 16.1. The van der Waals surface area contributed by atoms with Gasteiger partial charge in [-0.3, -0.25) is 4.79 Å². The van der Waals surface area contributed by atoms with Crippen molar-refractivity contribution in [3.63, 3.8) is 0 Å². The summed E-state index contributed by atoms with van der Waals surface area (Å²) in [6.45, 7) is 2.03. The topological polar surface area (TPSA) is 75.9 Å². The number of rotatable bonds is 2. The maximum Gasteiger partial charge on any atom is 0.275 e. The van der Waals surface area contributed by atoms with Crippen LogP contribution < -0.4 is 5.56 Å². The number of H-pyrrole nitrogens is 1. The van der Waals surface area contributed by atoms with Crippen LogP contribution >= 0.6 is 0 Å². The van der Waals surface area contributed by atoms with Gasteiger partial charge in [0.1, 0.15) is 0 Å². The molecule has 2 aromatic rings. The van der Waals surface area contributed by atoms with Gasteiger partial charge in [0.2, 0.25) is 0 Å². The molecule has 0 bridgehead atoms. The maximum atomic E-state index is 11.3. The SMILES string of the molecule is CCCc1cc(=O)n2[nH]nnc2n1. The number of aromatic nitrogens is 5. The Labute approximate surface area is 73.6 Å². The molecule has 13 heavy (non-hydrogen) atoms. The van der Waals surface area contributed by atoms with E-state index in [1.165, 1.54) is 10.6 Å². The second kappa shape index (κ2) is 2.96. The fourth-order valence-corrected chi connectivity index (χ4v) is 1.17. The Kier molecular flexibility index (Phi) is 1.80. The van der Waals surface area contributed by atoms with Crippen molar-refractivity contribution in [3.8, 4) is 0 Å². The third-order valence-corrected chi connectivity index (χ3v) is 1.74. The van der Waals surface area contributed by atoms with E-state index in [0.29, 0.717) is 5.78 Å². The average Bonchev–Trinajstić information content (AvgIpc) is 2.53. The zero-order valence-corrected chi connectivity index (χ0v) is 7.19. The molecule has 1 N–H and O–H groups in total. The number of fused-ring (bicyclic) bond motifs is 1. The number of aryl methyl sites for hydroxylation is 1. The second-order valence-electron chi connectivity index (χ2n) is 2.77. The van der Waals surface area contributed by atoms with E-state index >= 15 is 0 Å². The quantitative estimate of drug-likeness (QED) is 0.690. The third kappa shape index (κ3) is 1.30. The molecule has 0 saturated heterocycles. The molecular weight excluding hydrogens is 170 g/mol. The van der Waals surface area contributed by atoms with Crippen LogP contribution in [0.4, 0.5) is 0 Å². The van der Waals surface area contributed by atoms with Crippen LogP contribution in [0.1, 0.15) is 19.0 Å². The van der Waals surface area contributed by atoms with Crippen molar-refractivity contribution < 1.29 is 0 Å². The van der Waals surface area contributed by atoms with Gasteiger partial charge in [-0.05, 0) is 11.6 Å². The Bertz CT molecular complexity index is 471. The zero-order chi connectivity index (χ0) is 9.26. The van der Waals surface area contributed by atoms with E-state index < -0.39 is 0 Å². The van der Waals surface area contributed by atoms with Crippen LogP contribution in [0, 0.1) is 0 Å². The van der Waals surface area contributed by atoms with Gasteiger partial charge in [-0.1, -0.05) is 18.4 Å². The van der Waals surface area contributed by atoms with E-state index in [9.17, 15) is 4.79 Å². The lowest BCUT2D eigenvalue weighted by Crippen LogP contribution is -2.15. The minimum Gasteiger partial charge on any atom is -0.267 e. The highest BCUT2D eigenvalue weighted by Crippen LogP contribution is 1.96. The summed E-state index contributed by atoms with van der Waals surface area (Å²) in [6, 6.07) is 1.50. The lowest BCUT2D eigenvalue weighted by atomic mass is 10.2. The molecule has 0 aliphatic rings. The van der Waals surface area contributed by atoms with Gasteiger partial charge in [0.05, 0.1) is 5.69 Å². The van der Waals surface area contributed by atoms with Gasteiger partial charge in [-0.2, -0.15) is 9.73 Å². The van der Waals surface area contributed by atoms with E-state index in [0.717, 1.165) is 18.5 Å². The van der Waals surface area contributed by atoms with Gasteiger partial charge in [-0.25, -0.2) is 4.98 Å². The van der Waals surface area contributed by atoms with E-state index in [1.54, 1.807) is 0 Å². The van der Waals surface area contributed by atoms with Crippen molar-refractivity contribution in [1.29, 1.82) is 0 Å². The molecular formula is C7H9N5O. The first-order chi connectivity index (χ1) is 6.31. The molecule has 0 spiro atoms. The molecule has 0 atom stereocenters. The number of nitrogens with one attached hydrogen (secondary N) is 1. The molecule has 2 aromatic heterocycles. The van der Waals surface area contributed by atoms with Gasteiger partial charge in [0, 0.05) is 6.07 Å². The van der Waals surface area contributed by atoms with Crippen molar-refractivity contribution in [3.05, 3.63) is 22.1 Å². The molecule has 0 amide bonds. The summed E-state index contributed by atoms with van der Waals surface area (Å²) in [5.74, 6) is 0.330. The van der Waals surface area contributed by atoms with Gasteiger partial charge in [0.25, 0.3) is 11.3 Å². The first-order valence-corrected chi connectivity index (χ1v) is 4.11. The van der Waals surface area contributed by atoms with Crippen molar-refractivity contribution in [2.45, 2.75) is 19.8 Å². The Morgan fingerprint density at radius 1 is 1.62 bits per heavy atom. The van der Waals surface area contributed by atoms with Gasteiger partial charge >= 0.3 is 0 Å². The van der Waals surface area contributed by atoms with Crippen molar-refractivity contribution in [1.82, 2.24) is 25.0 Å². The fraction of sp³-hybridized carbons (Fsp3) is 0.429. The Hall–Kier alpha value is -1.72. The standard InChI is InChI=1S/C7H9N5O/c1-2-3-5-4-6(13)12-7(8-5)9-10-11-12/h4H,2-3H2,1H3,(H,8,9,11). The maximum absolute atomic E-state index is 11.3. The van der Waals surface area contributed by atoms with Gasteiger partial charge < -0.3 is 0 Å². The van der Waals surface area contributed by atoms with Crippen LogP contribution in [-0.2, 0) is 6.42 Å². The van der Waals surface area contributed by atoms with Crippen molar-refractivity contribution in [2.75, 3.05) is 0 Å². The Balaban J connectivity index is 2.63. The summed E-state index contributed by atoms with van der Waals surface area (Å²) in [7, 11) is 0. The molecule has 0 aliphatic carbocycles. The summed E-state index contributed by atoms with van der Waals surface area (Å²) in [5, 5.41) is 9.60. The summed E-state index contributed by atoms with van der Waals surface area (Å²) in [4.78, 5) is 15.5. The summed E-state index contributed by atoms with van der Waals surface area (Å²) < 4.78 is 1.21. The third-order valence-electron chi connectivity index (χ3n) is 1.74. The molecule has 2 heterocycles. The number of tetrazole rings is 1. The first-order valence-electron chi connectivity index (χ1n) is 4.11. The normalized spacial score (nSPS) is 10.8. The number of aromatic amines is 1. The molecule has 0 fully saturated rings. The van der Waals surface area contributed by atoms with Gasteiger partial charge in [0.15, 0.2) is 0 Å². The van der Waals surface area contributed by atoms with Crippen LogP contribution in [-0.4, -0.2) is 25.0 Å². The van der Waals surface area contributed by atoms with Crippen LogP contribution in [0.3, 0.4) is 0 Å². The molecule has 0 saturated carbocycles. The fourth-order valence-electron chi connectivity index (χ4n) is 1.17. The Morgan fingerprint density at radius 2 is 2.46 bits per heavy atom. The minimum atomic E-state index is -0.168. The van der Waals surface area contributed by atoms with Crippen LogP contribution in [0.5, 0.6) is 0 Å². The molecule has 68 valence electrons. The van der Waals surface area contributed by atoms with Crippen LogP contribution in [0.15, 0.2) is 10.9 Å². The van der Waals surface area contributed by atoms with E-state index in [2.05, 4.69) is 20.5 Å². The smallest absolute Gasteiger partial charge is 0.267 e. The lowest BCUT2D eigenvalue weighted by Gasteiger charge is -1.95. The zero-order valence-electron chi connectivity index (χ0n) is 7.19. The summed E-state index contributed by atoms with van der Waals surface area (Å²) in [5.41, 5.74) is 0.597. The molecule has 0 unspecified atom stereocenters. The number of hydrogen-bond acceptors (Lipinski definition) is 4. The summed E-state index contributed by atoms with van der Waals surface area (Å²) >= 11 is 0. The van der Waals surface area contributed by atoms with E-state index in [-0.39, 0.29) is 5.56 Å². The molecule has 6 nitrogen and oxygen atoms in total. The largest absolute Gasteiger partial charge is 0.275 e. The molecule has 0 radical (unpaired) electrons. The predicted molar refractivity (Wildman–Crippen MR) is 45.4 cm³/mol. The molecule has 6 heteroatoms. The first kappa shape index (κ1) is 7.90. The minimum absolute atomic E-state index is 0.168. The van der Waals surface area contributed by atoms with Crippen LogP contribution in [0.2, 0.25) is 0 Å². The van der Waals surface area contributed by atoms with Crippen molar-refractivity contribution >= 4 is 5.78 Å². The lowest BCUT2D eigenvalue weighted by molar-refractivity contribution is 0.790. The highest BCUT2D eigenvalue weighted by Gasteiger charge is 2.03. The van der Waals surface area contributed by atoms with E-state index in [4.69, 9.17) is 0 Å². The van der Waals surface area contributed by atoms with Crippen LogP contribution in [0.25, 0.3) is 5.78 Å². The molecule has 2 rings (SSSR count). The van der Waals surface area contributed by atoms with Crippen molar-refractivity contribution in [2.24, 2.45) is 0 Å². The molecule has 0 aliphatic heterocycles. The average molecular weight is 179 g/mol. The number of hydrogen-bond donors (Lipinski definition) is 1. The highest BCUT2D eigenvalue weighted by molar-refractivity contribution is 5.24.